The largest absolute Gasteiger partial charge is 0.330 e. The molecule has 5 nitrogen and oxygen atoms in total. The minimum Gasteiger partial charge on any atom is -0.305 e. The molecule has 0 saturated heterocycles. The van der Waals surface area contributed by atoms with Crippen LogP contribution in [0.4, 0.5) is 4.39 Å². The summed E-state index contributed by atoms with van der Waals surface area (Å²) in [4.78, 5) is 29.7. The number of benzene rings is 2. The first kappa shape index (κ1) is 18.4. The SMILES string of the molecule is O=C(CCCN1CC=C(n2c(=O)[nH]c3ccccc32)CC1)c1ccc([18F])cc1. The van der Waals surface area contributed by atoms with E-state index in [-0.39, 0.29) is 17.3 Å². The molecule has 1 aromatic heterocycles. The van der Waals surface area contributed by atoms with Crippen molar-refractivity contribution in [1.29, 1.82) is 0 Å². The maximum atomic E-state index is 12.9. The molecule has 0 unspecified atom stereocenters. The minimum atomic E-state index is -0.332. The molecule has 3 aromatic rings. The number of Topliss-reactive ketones (excluding diaryl/α,β-unsaturated/α-hetero) is 1. The molecule has 0 aliphatic carbocycles. The predicted octanol–water partition coefficient (Wildman–Crippen LogP) is 3.68. The third kappa shape index (κ3) is 3.82. The van der Waals surface area contributed by atoms with Gasteiger partial charge in [0.1, 0.15) is 5.82 Å². The third-order valence-electron chi connectivity index (χ3n) is 5.19. The summed E-state index contributed by atoms with van der Waals surface area (Å²) in [5.41, 5.74) is 3.21. The standard InChI is InChI=1S/C22H22FN3O2/c23-17-9-7-16(8-10-17)21(27)6-3-13-25-14-11-18(12-15-25)26-20-5-2-1-4-19(20)24-22(26)28/h1-2,4-5,7-11H,3,6,12-15H2,(H,24,28)/i23-1. The topological polar surface area (TPSA) is 58.1 Å². The van der Waals surface area contributed by atoms with Gasteiger partial charge in [-0.05, 0) is 49.4 Å². The normalized spacial score (nSPS) is 15.0. The lowest BCUT2D eigenvalue weighted by Gasteiger charge is -2.26. The summed E-state index contributed by atoms with van der Waals surface area (Å²) in [5.74, 6) is -0.291. The summed E-state index contributed by atoms with van der Waals surface area (Å²) in [6.45, 7) is 2.42. The van der Waals surface area contributed by atoms with Crippen LogP contribution >= 0.6 is 0 Å². The van der Waals surface area contributed by atoms with Gasteiger partial charge >= 0.3 is 5.69 Å². The van der Waals surface area contributed by atoms with Crippen LogP contribution in [-0.4, -0.2) is 39.9 Å². The number of imidazole rings is 1. The fraction of sp³-hybridized carbons (Fsp3) is 0.273. The molecule has 2 aromatic carbocycles. The number of para-hydroxylation sites is 2. The number of halogens is 1. The van der Waals surface area contributed by atoms with E-state index in [9.17, 15) is 14.0 Å². The highest BCUT2D eigenvalue weighted by atomic mass is 18.2. The summed E-state index contributed by atoms with van der Waals surface area (Å²) in [6, 6.07) is 13.4. The van der Waals surface area contributed by atoms with Gasteiger partial charge in [0, 0.05) is 37.2 Å². The van der Waals surface area contributed by atoms with E-state index in [0.717, 1.165) is 49.2 Å². The number of rotatable bonds is 6. The molecule has 0 spiro atoms. The van der Waals surface area contributed by atoms with Crippen molar-refractivity contribution in [2.75, 3.05) is 19.6 Å². The maximum absolute atomic E-state index is 12.9. The van der Waals surface area contributed by atoms with Gasteiger partial charge in [0.25, 0.3) is 0 Å². The number of aromatic nitrogens is 2. The molecule has 4 rings (SSSR count). The molecule has 1 aliphatic rings. The number of hydrogen-bond acceptors (Lipinski definition) is 3. The summed E-state index contributed by atoms with van der Waals surface area (Å²) in [7, 11) is 0. The van der Waals surface area contributed by atoms with Gasteiger partial charge in [0.2, 0.25) is 0 Å². The van der Waals surface area contributed by atoms with Gasteiger partial charge in [-0.25, -0.2) is 9.18 Å². The Hall–Kier alpha value is -2.99. The first-order chi connectivity index (χ1) is 13.6. The number of carbonyl (C=O) groups excluding carboxylic acids is 1. The lowest BCUT2D eigenvalue weighted by atomic mass is 10.1. The molecule has 0 radical (unpaired) electrons. The molecule has 28 heavy (non-hydrogen) atoms. The average molecular weight is 378 g/mol. The number of H-pyrrole nitrogens is 1. The Morgan fingerprint density at radius 2 is 1.89 bits per heavy atom. The molecular formula is C22H22FN3O2. The van der Waals surface area contributed by atoms with E-state index in [1.807, 2.05) is 24.3 Å². The number of nitrogens with one attached hydrogen (secondary N) is 1. The van der Waals surface area contributed by atoms with Crippen molar-refractivity contribution in [2.45, 2.75) is 19.3 Å². The van der Waals surface area contributed by atoms with Gasteiger partial charge in [0.15, 0.2) is 5.78 Å². The van der Waals surface area contributed by atoms with E-state index in [4.69, 9.17) is 0 Å². The van der Waals surface area contributed by atoms with Crippen LogP contribution in [0.2, 0.25) is 0 Å². The van der Waals surface area contributed by atoms with Crippen molar-refractivity contribution < 1.29 is 9.18 Å². The number of hydrogen-bond donors (Lipinski definition) is 1. The van der Waals surface area contributed by atoms with Crippen LogP contribution in [-0.2, 0) is 0 Å². The molecule has 0 amide bonds. The molecule has 0 saturated carbocycles. The summed E-state index contributed by atoms with van der Waals surface area (Å²) < 4.78 is 14.7. The number of aromatic amines is 1. The zero-order valence-corrected chi connectivity index (χ0v) is 15.5. The van der Waals surface area contributed by atoms with Crippen LogP contribution in [0, 0.1) is 5.82 Å². The van der Waals surface area contributed by atoms with E-state index >= 15 is 0 Å². The van der Waals surface area contributed by atoms with Gasteiger partial charge < -0.3 is 4.98 Å². The highest BCUT2D eigenvalue weighted by molar-refractivity contribution is 5.95. The maximum Gasteiger partial charge on any atom is 0.330 e. The molecule has 1 aliphatic heterocycles. The molecule has 0 fully saturated rings. The number of carbonyl (C=O) groups is 1. The van der Waals surface area contributed by atoms with Crippen LogP contribution in [0.5, 0.6) is 0 Å². The predicted molar refractivity (Wildman–Crippen MR) is 108 cm³/mol. The minimum absolute atomic E-state index is 0.0404. The number of fused-ring (bicyclic) bond motifs is 1. The van der Waals surface area contributed by atoms with Gasteiger partial charge in [0.05, 0.1) is 11.0 Å². The van der Waals surface area contributed by atoms with Crippen molar-refractivity contribution in [3.63, 3.8) is 0 Å². The van der Waals surface area contributed by atoms with Crippen molar-refractivity contribution in [3.8, 4) is 0 Å². The molecule has 0 atom stereocenters. The van der Waals surface area contributed by atoms with Crippen LogP contribution in [0.25, 0.3) is 16.7 Å². The van der Waals surface area contributed by atoms with E-state index in [1.54, 1.807) is 4.57 Å². The van der Waals surface area contributed by atoms with Crippen molar-refractivity contribution in [2.24, 2.45) is 0 Å². The molecule has 0 bridgehead atoms. The van der Waals surface area contributed by atoms with Gasteiger partial charge in [-0.3, -0.25) is 14.3 Å². The fourth-order valence-corrected chi connectivity index (χ4v) is 3.69. The van der Waals surface area contributed by atoms with E-state index < -0.39 is 0 Å². The zero-order valence-electron chi connectivity index (χ0n) is 15.5. The third-order valence-corrected chi connectivity index (χ3v) is 5.19. The van der Waals surface area contributed by atoms with Crippen LogP contribution in [0.15, 0.2) is 59.4 Å². The molecular weight excluding hydrogens is 356 g/mol. The van der Waals surface area contributed by atoms with Gasteiger partial charge in [-0.2, -0.15) is 0 Å². The first-order valence-electron chi connectivity index (χ1n) is 9.52. The van der Waals surface area contributed by atoms with Gasteiger partial charge in [-0.1, -0.05) is 18.2 Å². The van der Waals surface area contributed by atoms with Gasteiger partial charge in [-0.15, -0.1) is 0 Å². The Morgan fingerprint density at radius 1 is 1.11 bits per heavy atom. The second-order valence-corrected chi connectivity index (χ2v) is 7.06. The number of ketones is 1. The summed E-state index contributed by atoms with van der Waals surface area (Å²) in [6.07, 6.45) is 4.08. The summed E-state index contributed by atoms with van der Waals surface area (Å²) >= 11 is 0. The second-order valence-electron chi connectivity index (χ2n) is 7.06. The highest BCUT2D eigenvalue weighted by Crippen LogP contribution is 2.20. The van der Waals surface area contributed by atoms with E-state index in [1.165, 1.54) is 24.3 Å². The Balaban J connectivity index is 1.34. The number of nitrogens with zero attached hydrogens (tertiary/aromatic N) is 2. The van der Waals surface area contributed by atoms with Crippen LogP contribution < -0.4 is 5.69 Å². The molecule has 2 heterocycles. The van der Waals surface area contributed by atoms with Crippen molar-refractivity contribution >= 4 is 22.5 Å². The lowest BCUT2D eigenvalue weighted by molar-refractivity contribution is 0.0975. The van der Waals surface area contributed by atoms with Crippen LogP contribution in [0.3, 0.4) is 0 Å². The molecule has 1 N–H and O–H groups in total. The zero-order chi connectivity index (χ0) is 19.5. The lowest BCUT2D eigenvalue weighted by Crippen LogP contribution is -2.32. The molecule has 144 valence electrons. The fourth-order valence-electron chi connectivity index (χ4n) is 3.69. The Labute approximate surface area is 162 Å². The first-order valence-corrected chi connectivity index (χ1v) is 9.52. The summed E-state index contributed by atoms with van der Waals surface area (Å²) in [5, 5.41) is 0. The Morgan fingerprint density at radius 3 is 2.64 bits per heavy atom. The van der Waals surface area contributed by atoms with Crippen molar-refractivity contribution in [3.05, 3.63) is 76.5 Å². The monoisotopic (exact) mass is 378 g/mol. The Bertz CT molecular complexity index is 1080. The van der Waals surface area contributed by atoms with E-state index in [2.05, 4.69) is 16.0 Å². The van der Waals surface area contributed by atoms with Crippen LogP contribution in [0.1, 0.15) is 29.6 Å². The highest BCUT2D eigenvalue weighted by Gasteiger charge is 2.17. The van der Waals surface area contributed by atoms with Crippen molar-refractivity contribution in [1.82, 2.24) is 14.5 Å². The second kappa shape index (κ2) is 7.94. The quantitative estimate of drug-likeness (QED) is 0.666. The smallest absolute Gasteiger partial charge is 0.305 e. The van der Waals surface area contributed by atoms with E-state index in [0.29, 0.717) is 12.0 Å². The average Bonchev–Trinajstić information content (AvgIpc) is 3.05. The molecule has 6 heteroatoms. The Kier molecular flexibility index (Phi) is 5.21.